The third-order valence-electron chi connectivity index (χ3n) is 4.74. The van der Waals surface area contributed by atoms with Crippen LogP contribution in [0.3, 0.4) is 0 Å². The van der Waals surface area contributed by atoms with Crippen LogP contribution in [-0.2, 0) is 0 Å². The normalized spacial score (nSPS) is 21.1. The number of para-hydroxylation sites is 1. The number of benzene rings is 2. The Labute approximate surface area is 177 Å². The van der Waals surface area contributed by atoms with Crippen molar-refractivity contribution in [2.45, 2.75) is 18.9 Å². The molecule has 1 fully saturated rings. The van der Waals surface area contributed by atoms with E-state index in [1.54, 1.807) is 0 Å². The number of halogens is 2. The van der Waals surface area contributed by atoms with E-state index in [1.165, 1.54) is 12.0 Å². The van der Waals surface area contributed by atoms with E-state index < -0.39 is 0 Å². The molecule has 1 aliphatic heterocycles. The number of guanidine groups is 1. The van der Waals surface area contributed by atoms with Crippen LogP contribution < -0.4 is 11.1 Å². The minimum absolute atomic E-state index is 0. The molecule has 26 heavy (non-hydrogen) atoms. The van der Waals surface area contributed by atoms with E-state index in [-0.39, 0.29) is 24.0 Å². The van der Waals surface area contributed by atoms with Crippen molar-refractivity contribution in [2.75, 3.05) is 25.5 Å². The molecule has 6 heteroatoms. The van der Waals surface area contributed by atoms with E-state index in [4.69, 9.17) is 17.3 Å². The lowest BCUT2D eigenvalue weighted by molar-refractivity contribution is 0.125. The van der Waals surface area contributed by atoms with E-state index in [2.05, 4.69) is 34.4 Å². The summed E-state index contributed by atoms with van der Waals surface area (Å²) < 4.78 is 0. The second-order valence-corrected chi connectivity index (χ2v) is 7.04. The first-order valence-electron chi connectivity index (χ1n) is 8.71. The van der Waals surface area contributed by atoms with Crippen LogP contribution in [0.15, 0.2) is 59.6 Å². The number of nitrogens with zero attached hydrogens (tertiary/aromatic N) is 2. The van der Waals surface area contributed by atoms with Gasteiger partial charge in [0, 0.05) is 23.3 Å². The third kappa shape index (κ3) is 5.59. The SMILES string of the molecule is CN1CCCC(CN=C(N)Nc2ccccc2)C1c1cccc(Cl)c1.I. The van der Waals surface area contributed by atoms with Crippen molar-refractivity contribution in [2.24, 2.45) is 16.6 Å². The topological polar surface area (TPSA) is 53.6 Å². The Morgan fingerprint density at radius 2 is 2.00 bits per heavy atom. The first kappa shape index (κ1) is 21.0. The molecule has 1 aliphatic rings. The standard InChI is InChI=1S/C20H25ClN4.HI/c1-25-12-6-8-16(19(25)15-7-5-9-17(21)13-15)14-23-20(22)24-18-10-3-2-4-11-18;/h2-5,7,9-11,13,16,19H,6,8,12,14H2,1H3,(H3,22,23,24);1H. The molecule has 2 unspecified atom stereocenters. The van der Waals surface area contributed by atoms with Crippen molar-refractivity contribution in [3.8, 4) is 0 Å². The fraction of sp³-hybridized carbons (Fsp3) is 0.350. The highest BCUT2D eigenvalue weighted by molar-refractivity contribution is 14.0. The Hall–Kier alpha value is -1.31. The van der Waals surface area contributed by atoms with Gasteiger partial charge in [-0.25, -0.2) is 0 Å². The molecule has 0 aromatic heterocycles. The Kier molecular flexibility index (Phi) is 8.18. The van der Waals surface area contributed by atoms with Gasteiger partial charge >= 0.3 is 0 Å². The molecular weight excluding hydrogens is 459 g/mol. The summed E-state index contributed by atoms with van der Waals surface area (Å²) in [5, 5.41) is 3.93. The molecule has 0 amide bonds. The fourth-order valence-corrected chi connectivity index (χ4v) is 3.79. The van der Waals surface area contributed by atoms with Crippen molar-refractivity contribution in [1.29, 1.82) is 0 Å². The number of anilines is 1. The number of nitrogens with two attached hydrogens (primary N) is 1. The van der Waals surface area contributed by atoms with Gasteiger partial charge in [-0.1, -0.05) is 41.9 Å². The fourth-order valence-electron chi connectivity index (χ4n) is 3.59. The summed E-state index contributed by atoms with van der Waals surface area (Å²) in [5.41, 5.74) is 8.28. The van der Waals surface area contributed by atoms with E-state index in [0.29, 0.717) is 24.5 Å². The molecule has 3 rings (SSSR count). The number of hydrogen-bond donors (Lipinski definition) is 2. The maximum absolute atomic E-state index is 6.20. The number of rotatable bonds is 4. The Balaban J connectivity index is 0.00000243. The average Bonchev–Trinajstić information content (AvgIpc) is 2.61. The van der Waals surface area contributed by atoms with E-state index in [9.17, 15) is 0 Å². The quantitative estimate of drug-likeness (QED) is 0.373. The van der Waals surface area contributed by atoms with Gasteiger partial charge in [-0.05, 0) is 62.2 Å². The van der Waals surface area contributed by atoms with Crippen molar-refractivity contribution < 1.29 is 0 Å². The van der Waals surface area contributed by atoms with Gasteiger partial charge in [0.2, 0.25) is 0 Å². The van der Waals surface area contributed by atoms with Crippen LogP contribution in [0.1, 0.15) is 24.4 Å². The van der Waals surface area contributed by atoms with Crippen molar-refractivity contribution in [3.63, 3.8) is 0 Å². The van der Waals surface area contributed by atoms with E-state index in [0.717, 1.165) is 23.7 Å². The lowest BCUT2D eigenvalue weighted by Gasteiger charge is -2.39. The smallest absolute Gasteiger partial charge is 0.193 e. The molecule has 3 N–H and O–H groups in total. The molecule has 140 valence electrons. The first-order valence-corrected chi connectivity index (χ1v) is 9.09. The lowest BCUT2D eigenvalue weighted by Crippen LogP contribution is -2.38. The maximum atomic E-state index is 6.20. The number of likely N-dealkylation sites (tertiary alicyclic amines) is 1. The molecule has 1 saturated heterocycles. The molecule has 2 atom stereocenters. The van der Waals surface area contributed by atoms with Crippen molar-refractivity contribution >= 4 is 47.2 Å². The predicted octanol–water partition coefficient (Wildman–Crippen LogP) is 4.77. The highest BCUT2D eigenvalue weighted by Gasteiger charge is 2.30. The highest BCUT2D eigenvalue weighted by Crippen LogP contribution is 2.36. The van der Waals surface area contributed by atoms with Crippen LogP contribution in [0, 0.1) is 5.92 Å². The number of piperidine rings is 1. The molecular formula is C20H26ClIN4. The van der Waals surface area contributed by atoms with Gasteiger partial charge in [0.15, 0.2) is 5.96 Å². The minimum atomic E-state index is 0. The van der Waals surface area contributed by atoms with Gasteiger partial charge in [0.25, 0.3) is 0 Å². The van der Waals surface area contributed by atoms with Gasteiger partial charge in [0.1, 0.15) is 0 Å². The van der Waals surface area contributed by atoms with Crippen LogP contribution in [-0.4, -0.2) is 31.0 Å². The monoisotopic (exact) mass is 484 g/mol. The van der Waals surface area contributed by atoms with Crippen LogP contribution in [0.25, 0.3) is 0 Å². The van der Waals surface area contributed by atoms with Gasteiger partial charge in [-0.15, -0.1) is 24.0 Å². The summed E-state index contributed by atoms with van der Waals surface area (Å²) >= 11 is 6.20. The first-order chi connectivity index (χ1) is 12.1. The van der Waals surface area contributed by atoms with Gasteiger partial charge in [-0.2, -0.15) is 0 Å². The molecule has 1 heterocycles. The maximum Gasteiger partial charge on any atom is 0.193 e. The van der Waals surface area contributed by atoms with Crippen molar-refractivity contribution in [1.82, 2.24) is 4.90 Å². The Morgan fingerprint density at radius 1 is 1.23 bits per heavy atom. The zero-order chi connectivity index (χ0) is 17.6. The molecule has 4 nitrogen and oxygen atoms in total. The lowest BCUT2D eigenvalue weighted by atomic mass is 9.85. The van der Waals surface area contributed by atoms with Gasteiger partial charge < -0.3 is 11.1 Å². The molecule has 0 saturated carbocycles. The molecule has 0 bridgehead atoms. The predicted molar refractivity (Wildman–Crippen MR) is 122 cm³/mol. The van der Waals surface area contributed by atoms with E-state index >= 15 is 0 Å². The third-order valence-corrected chi connectivity index (χ3v) is 4.97. The van der Waals surface area contributed by atoms with Crippen LogP contribution in [0.5, 0.6) is 0 Å². The summed E-state index contributed by atoms with van der Waals surface area (Å²) in [5.74, 6) is 0.887. The highest BCUT2D eigenvalue weighted by atomic mass is 127. The minimum Gasteiger partial charge on any atom is -0.370 e. The largest absolute Gasteiger partial charge is 0.370 e. The summed E-state index contributed by atoms with van der Waals surface area (Å²) in [6, 6.07) is 18.4. The number of aliphatic imine (C=N–C) groups is 1. The molecule has 0 aliphatic carbocycles. The summed E-state index contributed by atoms with van der Waals surface area (Å²) in [6.45, 7) is 1.79. The number of nitrogens with one attached hydrogen (secondary N) is 1. The molecule has 0 spiro atoms. The zero-order valence-corrected chi connectivity index (χ0v) is 18.0. The van der Waals surface area contributed by atoms with E-state index in [1.807, 2.05) is 42.5 Å². The average molecular weight is 485 g/mol. The summed E-state index contributed by atoms with van der Waals surface area (Å²) in [4.78, 5) is 7.00. The second-order valence-electron chi connectivity index (χ2n) is 6.60. The second kappa shape index (κ2) is 10.1. The van der Waals surface area contributed by atoms with Crippen LogP contribution in [0.2, 0.25) is 5.02 Å². The van der Waals surface area contributed by atoms with Gasteiger partial charge in [-0.3, -0.25) is 9.89 Å². The zero-order valence-electron chi connectivity index (χ0n) is 14.9. The molecule has 2 aromatic carbocycles. The van der Waals surface area contributed by atoms with Crippen molar-refractivity contribution in [3.05, 3.63) is 65.2 Å². The molecule has 0 radical (unpaired) electrons. The number of hydrogen-bond acceptors (Lipinski definition) is 2. The molecule has 2 aromatic rings. The van der Waals surface area contributed by atoms with Gasteiger partial charge in [0.05, 0.1) is 0 Å². The summed E-state index contributed by atoms with van der Waals surface area (Å²) in [7, 11) is 2.17. The Morgan fingerprint density at radius 3 is 2.73 bits per heavy atom. The van der Waals surface area contributed by atoms with Crippen LogP contribution >= 0.6 is 35.6 Å². The van der Waals surface area contributed by atoms with Crippen LogP contribution in [0.4, 0.5) is 5.69 Å². The Bertz CT molecular complexity index is 723. The summed E-state index contributed by atoms with van der Waals surface area (Å²) in [6.07, 6.45) is 2.32.